The second kappa shape index (κ2) is 6.61. The van der Waals surface area contributed by atoms with Crippen LogP contribution in [-0.2, 0) is 0 Å². The van der Waals surface area contributed by atoms with Gasteiger partial charge in [-0.15, -0.1) is 0 Å². The van der Waals surface area contributed by atoms with Crippen molar-refractivity contribution in [1.82, 2.24) is 4.98 Å². The van der Waals surface area contributed by atoms with Crippen LogP contribution >= 0.6 is 0 Å². The second-order valence-corrected chi connectivity index (χ2v) is 3.90. The van der Waals surface area contributed by atoms with Crippen LogP contribution in [0.1, 0.15) is 13.3 Å². The Morgan fingerprint density at radius 2 is 1.89 bits per heavy atom. The molecule has 0 aliphatic carbocycles. The summed E-state index contributed by atoms with van der Waals surface area (Å²) >= 11 is 0. The lowest BCUT2D eigenvalue weighted by atomic mass is 10.3. The Morgan fingerprint density at radius 1 is 1.11 bits per heavy atom. The van der Waals surface area contributed by atoms with Gasteiger partial charge in [0.1, 0.15) is 5.82 Å². The molecule has 0 saturated carbocycles. The Morgan fingerprint density at radius 3 is 2.63 bits per heavy atom. The Kier molecular flexibility index (Phi) is 4.58. The van der Waals surface area contributed by atoms with Gasteiger partial charge in [0, 0.05) is 6.07 Å². The molecule has 0 fully saturated rings. The van der Waals surface area contributed by atoms with Crippen LogP contribution in [0.2, 0.25) is 0 Å². The monoisotopic (exact) mass is 259 g/mol. The second-order valence-electron chi connectivity index (χ2n) is 3.90. The van der Waals surface area contributed by atoms with Crippen LogP contribution in [0.4, 0.5) is 5.82 Å². The molecule has 5 heteroatoms. The van der Waals surface area contributed by atoms with Crippen molar-refractivity contribution in [2.75, 3.05) is 12.0 Å². The predicted molar refractivity (Wildman–Crippen MR) is 74.3 cm³/mol. The molecule has 0 spiro atoms. The van der Waals surface area contributed by atoms with Gasteiger partial charge in [0.05, 0.1) is 6.61 Å². The normalized spacial score (nSPS) is 10.0. The fraction of sp³-hybridized carbons (Fsp3) is 0.214. The van der Waals surface area contributed by atoms with Crippen molar-refractivity contribution < 1.29 is 9.47 Å². The molecule has 2 aromatic rings. The van der Waals surface area contributed by atoms with E-state index in [1.54, 1.807) is 12.1 Å². The average molecular weight is 259 g/mol. The zero-order valence-corrected chi connectivity index (χ0v) is 10.8. The van der Waals surface area contributed by atoms with E-state index in [1.165, 1.54) is 0 Å². The van der Waals surface area contributed by atoms with E-state index in [9.17, 15) is 0 Å². The third-order valence-electron chi connectivity index (χ3n) is 2.40. The van der Waals surface area contributed by atoms with E-state index in [-0.39, 0.29) is 0 Å². The summed E-state index contributed by atoms with van der Waals surface area (Å²) in [6.07, 6.45) is 0.944. The summed E-state index contributed by atoms with van der Waals surface area (Å²) in [7, 11) is 0. The van der Waals surface area contributed by atoms with Crippen LogP contribution in [0.15, 0.2) is 42.5 Å². The van der Waals surface area contributed by atoms with Gasteiger partial charge in [0.15, 0.2) is 11.5 Å². The van der Waals surface area contributed by atoms with Crippen LogP contribution in [0.25, 0.3) is 0 Å². The number of benzene rings is 1. The van der Waals surface area contributed by atoms with Crippen LogP contribution in [0.3, 0.4) is 0 Å². The SMILES string of the molecule is CCCOc1ccccc1Oc1cccc(NN)n1. The third-order valence-corrected chi connectivity index (χ3v) is 2.40. The lowest BCUT2D eigenvalue weighted by molar-refractivity contribution is 0.301. The number of pyridine rings is 1. The molecule has 100 valence electrons. The largest absolute Gasteiger partial charge is 0.490 e. The number of nitrogens with two attached hydrogens (primary N) is 1. The molecule has 0 aliphatic heterocycles. The molecule has 0 unspecified atom stereocenters. The number of nitrogens with one attached hydrogen (secondary N) is 1. The van der Waals surface area contributed by atoms with E-state index < -0.39 is 0 Å². The van der Waals surface area contributed by atoms with Crippen molar-refractivity contribution in [2.24, 2.45) is 5.84 Å². The molecular weight excluding hydrogens is 242 g/mol. The molecule has 0 amide bonds. The summed E-state index contributed by atoms with van der Waals surface area (Å²) in [4.78, 5) is 4.19. The minimum Gasteiger partial charge on any atom is -0.490 e. The Bertz CT molecular complexity index is 532. The van der Waals surface area contributed by atoms with E-state index in [1.807, 2.05) is 30.3 Å². The molecule has 0 bridgehead atoms. The molecule has 1 aromatic carbocycles. The Labute approximate surface area is 112 Å². The molecule has 1 aromatic heterocycles. The van der Waals surface area contributed by atoms with E-state index in [4.69, 9.17) is 15.3 Å². The van der Waals surface area contributed by atoms with Gasteiger partial charge in [0.2, 0.25) is 5.88 Å². The van der Waals surface area contributed by atoms with E-state index in [0.29, 0.717) is 29.8 Å². The number of nitrogen functional groups attached to an aromatic ring is 1. The Balaban J connectivity index is 2.17. The number of aromatic nitrogens is 1. The van der Waals surface area contributed by atoms with Crippen LogP contribution in [-0.4, -0.2) is 11.6 Å². The van der Waals surface area contributed by atoms with Gasteiger partial charge >= 0.3 is 0 Å². The van der Waals surface area contributed by atoms with Crippen molar-refractivity contribution in [3.05, 3.63) is 42.5 Å². The summed E-state index contributed by atoms with van der Waals surface area (Å²) in [6.45, 7) is 2.71. The number of hydrogen-bond acceptors (Lipinski definition) is 5. The van der Waals surface area contributed by atoms with Crippen molar-refractivity contribution >= 4 is 5.82 Å². The summed E-state index contributed by atoms with van der Waals surface area (Å²) in [5.74, 6) is 7.66. The predicted octanol–water partition coefficient (Wildman–Crippen LogP) is 2.95. The first kappa shape index (κ1) is 13.2. The third kappa shape index (κ3) is 3.59. The maximum atomic E-state index is 5.72. The smallest absolute Gasteiger partial charge is 0.221 e. The molecule has 0 atom stereocenters. The van der Waals surface area contributed by atoms with Crippen LogP contribution in [0.5, 0.6) is 17.4 Å². The highest BCUT2D eigenvalue weighted by Crippen LogP contribution is 2.30. The molecular formula is C14H17N3O2. The lowest BCUT2D eigenvalue weighted by Gasteiger charge is -2.11. The first-order valence-corrected chi connectivity index (χ1v) is 6.17. The highest BCUT2D eigenvalue weighted by atomic mass is 16.5. The number of hydrazine groups is 1. The van der Waals surface area contributed by atoms with E-state index in [2.05, 4.69) is 17.3 Å². The Hall–Kier alpha value is -2.27. The molecule has 19 heavy (non-hydrogen) atoms. The standard InChI is InChI=1S/C14H17N3O2/c1-2-10-18-11-6-3-4-7-12(11)19-14-9-5-8-13(16-14)17-15/h3-9H,2,10,15H2,1H3,(H,16,17). The minimum absolute atomic E-state index is 0.461. The summed E-state index contributed by atoms with van der Waals surface area (Å²) in [6, 6.07) is 12.8. The van der Waals surface area contributed by atoms with Gasteiger partial charge in [-0.1, -0.05) is 25.1 Å². The molecule has 0 radical (unpaired) electrons. The zero-order valence-electron chi connectivity index (χ0n) is 10.8. The topological polar surface area (TPSA) is 69.4 Å². The first-order valence-electron chi connectivity index (χ1n) is 6.17. The van der Waals surface area contributed by atoms with Crippen LogP contribution < -0.4 is 20.7 Å². The molecule has 5 nitrogen and oxygen atoms in total. The minimum atomic E-state index is 0.461. The number of rotatable bonds is 6. The average Bonchev–Trinajstić information content (AvgIpc) is 2.46. The number of ether oxygens (including phenoxy) is 2. The highest BCUT2D eigenvalue weighted by molar-refractivity contribution is 5.43. The first-order chi connectivity index (χ1) is 9.33. The number of nitrogens with zero attached hydrogens (tertiary/aromatic N) is 1. The fourth-order valence-electron chi connectivity index (χ4n) is 1.53. The molecule has 2 rings (SSSR count). The summed E-state index contributed by atoms with van der Waals surface area (Å²) < 4.78 is 11.3. The number of hydrogen-bond donors (Lipinski definition) is 2. The van der Waals surface area contributed by atoms with E-state index in [0.717, 1.165) is 6.42 Å². The van der Waals surface area contributed by atoms with Gasteiger partial charge in [-0.3, -0.25) is 0 Å². The maximum absolute atomic E-state index is 5.72. The van der Waals surface area contributed by atoms with Crippen molar-refractivity contribution in [2.45, 2.75) is 13.3 Å². The molecule has 3 N–H and O–H groups in total. The van der Waals surface area contributed by atoms with Gasteiger partial charge < -0.3 is 14.9 Å². The molecule has 1 heterocycles. The van der Waals surface area contributed by atoms with Crippen LogP contribution in [0, 0.1) is 0 Å². The van der Waals surface area contributed by atoms with Gasteiger partial charge in [-0.2, -0.15) is 4.98 Å². The lowest BCUT2D eigenvalue weighted by Crippen LogP contribution is -2.08. The zero-order chi connectivity index (χ0) is 13.5. The van der Waals surface area contributed by atoms with Gasteiger partial charge in [-0.05, 0) is 24.6 Å². The van der Waals surface area contributed by atoms with Crippen molar-refractivity contribution in [3.8, 4) is 17.4 Å². The molecule has 0 aliphatic rings. The summed E-state index contributed by atoms with van der Waals surface area (Å²) in [5.41, 5.74) is 2.48. The van der Waals surface area contributed by atoms with Gasteiger partial charge in [-0.25, -0.2) is 5.84 Å². The quantitative estimate of drug-likeness (QED) is 0.616. The summed E-state index contributed by atoms with van der Waals surface area (Å²) in [5, 5.41) is 0. The number of para-hydroxylation sites is 2. The van der Waals surface area contributed by atoms with Crippen molar-refractivity contribution in [1.29, 1.82) is 0 Å². The van der Waals surface area contributed by atoms with Gasteiger partial charge in [0.25, 0.3) is 0 Å². The fourth-order valence-corrected chi connectivity index (χ4v) is 1.53. The van der Waals surface area contributed by atoms with E-state index >= 15 is 0 Å². The van der Waals surface area contributed by atoms with Crippen molar-refractivity contribution in [3.63, 3.8) is 0 Å². The highest BCUT2D eigenvalue weighted by Gasteiger charge is 2.06. The molecule has 0 saturated heterocycles. The maximum Gasteiger partial charge on any atom is 0.221 e. The number of anilines is 1.